The van der Waals surface area contributed by atoms with Gasteiger partial charge in [0.25, 0.3) is 0 Å². The predicted octanol–water partition coefficient (Wildman–Crippen LogP) is 3.01. The van der Waals surface area contributed by atoms with Crippen LogP contribution in [0.5, 0.6) is 0 Å². The summed E-state index contributed by atoms with van der Waals surface area (Å²) in [5.41, 5.74) is 0. The minimum Gasteiger partial charge on any atom is -0.288 e. The lowest BCUT2D eigenvalue weighted by atomic mass is 9.92. The molecule has 0 aromatic rings. The van der Waals surface area contributed by atoms with Crippen molar-refractivity contribution in [3.63, 3.8) is 0 Å². The molecule has 1 rings (SSSR count). The summed E-state index contributed by atoms with van der Waals surface area (Å²) >= 11 is 1.46. The monoisotopic (exact) mass is 184 g/mol. The summed E-state index contributed by atoms with van der Waals surface area (Å²) in [7, 11) is 0. The van der Waals surface area contributed by atoms with E-state index in [1.54, 1.807) is 6.92 Å². The predicted molar refractivity (Wildman–Crippen MR) is 54.2 cm³/mol. The van der Waals surface area contributed by atoms with Crippen LogP contribution in [0, 0.1) is 5.92 Å². The van der Waals surface area contributed by atoms with E-state index < -0.39 is 0 Å². The quantitative estimate of drug-likeness (QED) is 0.627. The van der Waals surface area contributed by atoms with Gasteiger partial charge in [0, 0.05) is 12.7 Å². The molecule has 0 aromatic heterocycles. The molecule has 0 bridgehead atoms. The van der Waals surface area contributed by atoms with Crippen LogP contribution in [0.15, 0.2) is 12.2 Å². The Hall–Kier alpha value is -0.240. The molecule has 0 spiro atoms. The molecular weight excluding hydrogens is 168 g/mol. The van der Waals surface area contributed by atoms with E-state index in [1.165, 1.54) is 37.4 Å². The van der Waals surface area contributed by atoms with Gasteiger partial charge in [-0.25, -0.2) is 0 Å². The van der Waals surface area contributed by atoms with Gasteiger partial charge in [-0.05, 0) is 31.6 Å². The lowest BCUT2D eigenvalue weighted by Crippen LogP contribution is -2.04. The largest absolute Gasteiger partial charge is 0.288 e. The zero-order valence-corrected chi connectivity index (χ0v) is 8.40. The first-order valence-corrected chi connectivity index (χ1v) is 5.56. The van der Waals surface area contributed by atoms with E-state index in [-0.39, 0.29) is 5.12 Å². The molecule has 68 valence electrons. The van der Waals surface area contributed by atoms with Crippen molar-refractivity contribution in [2.45, 2.75) is 32.6 Å². The van der Waals surface area contributed by atoms with Gasteiger partial charge >= 0.3 is 0 Å². The van der Waals surface area contributed by atoms with Crippen LogP contribution in [0.4, 0.5) is 0 Å². The van der Waals surface area contributed by atoms with Crippen molar-refractivity contribution in [2.75, 3.05) is 5.75 Å². The second kappa shape index (κ2) is 5.41. The number of carbonyl (C=O) groups excluding carboxylic acids is 1. The van der Waals surface area contributed by atoms with Gasteiger partial charge in [0.15, 0.2) is 5.12 Å². The van der Waals surface area contributed by atoms with Crippen molar-refractivity contribution >= 4 is 16.9 Å². The highest BCUT2D eigenvalue weighted by atomic mass is 32.2. The van der Waals surface area contributed by atoms with Crippen LogP contribution in [0.1, 0.15) is 32.6 Å². The average molecular weight is 184 g/mol. The molecule has 0 saturated carbocycles. The number of hydrogen-bond donors (Lipinski definition) is 0. The van der Waals surface area contributed by atoms with E-state index in [4.69, 9.17) is 0 Å². The fourth-order valence-electron chi connectivity index (χ4n) is 1.49. The first-order valence-electron chi connectivity index (χ1n) is 4.57. The number of thioether (sulfide) groups is 1. The molecule has 0 N–H and O–H groups in total. The molecule has 0 fully saturated rings. The minimum atomic E-state index is 0.251. The maximum atomic E-state index is 10.6. The van der Waals surface area contributed by atoms with E-state index in [1.807, 2.05) is 0 Å². The van der Waals surface area contributed by atoms with E-state index in [0.29, 0.717) is 0 Å². The van der Waals surface area contributed by atoms with Crippen molar-refractivity contribution < 1.29 is 4.79 Å². The molecule has 0 radical (unpaired) electrons. The molecule has 1 aliphatic carbocycles. The molecule has 0 saturated heterocycles. The normalized spacial score (nSPS) is 22.6. The SMILES string of the molecule is CC(=O)SCCC1CC=CCC1. The lowest BCUT2D eigenvalue weighted by Gasteiger charge is -2.16. The van der Waals surface area contributed by atoms with E-state index in [9.17, 15) is 4.79 Å². The van der Waals surface area contributed by atoms with Crippen LogP contribution in [-0.2, 0) is 4.79 Å². The minimum absolute atomic E-state index is 0.251. The highest BCUT2D eigenvalue weighted by Crippen LogP contribution is 2.23. The van der Waals surface area contributed by atoms with Gasteiger partial charge < -0.3 is 0 Å². The number of allylic oxidation sites excluding steroid dienone is 2. The Kier molecular flexibility index (Phi) is 4.44. The van der Waals surface area contributed by atoms with Crippen molar-refractivity contribution in [2.24, 2.45) is 5.92 Å². The second-order valence-electron chi connectivity index (χ2n) is 3.28. The van der Waals surface area contributed by atoms with Gasteiger partial charge in [0.2, 0.25) is 0 Å². The van der Waals surface area contributed by atoms with Crippen LogP contribution in [-0.4, -0.2) is 10.9 Å². The van der Waals surface area contributed by atoms with Crippen molar-refractivity contribution in [3.8, 4) is 0 Å². The van der Waals surface area contributed by atoms with Crippen molar-refractivity contribution in [1.29, 1.82) is 0 Å². The fourth-order valence-corrected chi connectivity index (χ4v) is 2.23. The third kappa shape index (κ3) is 3.96. The Balaban J connectivity index is 2.06. The maximum Gasteiger partial charge on any atom is 0.185 e. The summed E-state index contributed by atoms with van der Waals surface area (Å²) < 4.78 is 0. The van der Waals surface area contributed by atoms with Gasteiger partial charge in [-0.2, -0.15) is 0 Å². The summed E-state index contributed by atoms with van der Waals surface area (Å²) in [5, 5.41) is 0.251. The first kappa shape index (κ1) is 9.85. The highest BCUT2D eigenvalue weighted by molar-refractivity contribution is 8.13. The fraction of sp³-hybridized carbons (Fsp3) is 0.700. The van der Waals surface area contributed by atoms with Gasteiger partial charge in [0.05, 0.1) is 0 Å². The van der Waals surface area contributed by atoms with Gasteiger partial charge in [0.1, 0.15) is 0 Å². The van der Waals surface area contributed by atoms with Crippen LogP contribution < -0.4 is 0 Å². The summed E-state index contributed by atoms with van der Waals surface area (Å²) in [5.74, 6) is 1.84. The molecule has 1 unspecified atom stereocenters. The summed E-state index contributed by atoms with van der Waals surface area (Å²) in [6.45, 7) is 1.64. The molecule has 1 nitrogen and oxygen atoms in total. The molecule has 0 heterocycles. The topological polar surface area (TPSA) is 17.1 Å². The Bertz CT molecular complexity index is 175. The zero-order valence-electron chi connectivity index (χ0n) is 7.58. The number of carbonyl (C=O) groups is 1. The zero-order chi connectivity index (χ0) is 8.81. The summed E-state index contributed by atoms with van der Waals surface area (Å²) in [6.07, 6.45) is 9.50. The Morgan fingerprint density at radius 2 is 2.42 bits per heavy atom. The summed E-state index contributed by atoms with van der Waals surface area (Å²) in [6, 6.07) is 0. The van der Waals surface area contributed by atoms with Crippen LogP contribution >= 0.6 is 11.8 Å². The Labute approximate surface area is 78.6 Å². The average Bonchev–Trinajstić information content (AvgIpc) is 2.05. The van der Waals surface area contributed by atoms with E-state index in [2.05, 4.69) is 12.2 Å². The van der Waals surface area contributed by atoms with Crippen molar-refractivity contribution in [1.82, 2.24) is 0 Å². The molecule has 0 aliphatic heterocycles. The van der Waals surface area contributed by atoms with Crippen LogP contribution in [0.25, 0.3) is 0 Å². The van der Waals surface area contributed by atoms with Gasteiger partial charge in [-0.15, -0.1) is 0 Å². The lowest BCUT2D eigenvalue weighted by molar-refractivity contribution is -0.109. The van der Waals surface area contributed by atoms with Crippen LogP contribution in [0.3, 0.4) is 0 Å². The van der Waals surface area contributed by atoms with E-state index >= 15 is 0 Å². The standard InChI is InChI=1S/C10H16OS/c1-9(11)12-8-7-10-5-3-2-4-6-10/h2-3,10H,4-8H2,1H3. The summed E-state index contributed by atoms with van der Waals surface area (Å²) in [4.78, 5) is 10.6. The molecule has 12 heavy (non-hydrogen) atoms. The van der Waals surface area contributed by atoms with Crippen LogP contribution in [0.2, 0.25) is 0 Å². The second-order valence-corrected chi connectivity index (χ2v) is 4.55. The molecule has 0 aromatic carbocycles. The molecule has 1 atom stereocenters. The highest BCUT2D eigenvalue weighted by Gasteiger charge is 2.09. The van der Waals surface area contributed by atoms with Crippen molar-refractivity contribution in [3.05, 3.63) is 12.2 Å². The molecule has 2 heteroatoms. The Morgan fingerprint density at radius 1 is 1.58 bits per heavy atom. The number of rotatable bonds is 3. The maximum absolute atomic E-state index is 10.6. The van der Waals surface area contributed by atoms with Gasteiger partial charge in [-0.3, -0.25) is 4.79 Å². The molecule has 0 amide bonds. The Morgan fingerprint density at radius 3 is 3.00 bits per heavy atom. The van der Waals surface area contributed by atoms with Gasteiger partial charge in [-0.1, -0.05) is 23.9 Å². The third-order valence-corrected chi connectivity index (χ3v) is 3.06. The first-order chi connectivity index (χ1) is 5.79. The molecule has 1 aliphatic rings. The van der Waals surface area contributed by atoms with E-state index in [0.717, 1.165) is 11.7 Å². The molecular formula is C10H16OS. The number of hydrogen-bond acceptors (Lipinski definition) is 2. The smallest absolute Gasteiger partial charge is 0.185 e. The third-order valence-electron chi connectivity index (χ3n) is 2.21.